The van der Waals surface area contributed by atoms with Crippen molar-refractivity contribution in [2.24, 2.45) is 23.0 Å². The topological polar surface area (TPSA) is 55.1 Å². The summed E-state index contributed by atoms with van der Waals surface area (Å²) >= 11 is 0. The number of carbonyl (C=O) groups is 1. The van der Waals surface area contributed by atoms with Crippen LogP contribution in [-0.2, 0) is 4.79 Å². The fourth-order valence-corrected chi connectivity index (χ4v) is 3.40. The van der Waals surface area contributed by atoms with Crippen LogP contribution in [0.5, 0.6) is 0 Å². The molecule has 0 spiro atoms. The lowest BCUT2D eigenvalue weighted by Gasteiger charge is -2.41. The van der Waals surface area contributed by atoms with E-state index in [0.29, 0.717) is 17.9 Å². The van der Waals surface area contributed by atoms with Gasteiger partial charge in [-0.05, 0) is 50.0 Å². The lowest BCUT2D eigenvalue weighted by molar-refractivity contribution is -0.126. The summed E-state index contributed by atoms with van der Waals surface area (Å²) in [6.45, 7) is 3.79. The Hall–Kier alpha value is -0.570. The van der Waals surface area contributed by atoms with Gasteiger partial charge in [0.15, 0.2) is 0 Å². The molecule has 17 heavy (non-hydrogen) atoms. The van der Waals surface area contributed by atoms with Crippen molar-refractivity contribution in [3.05, 3.63) is 0 Å². The van der Waals surface area contributed by atoms with Crippen LogP contribution in [0.15, 0.2) is 0 Å². The van der Waals surface area contributed by atoms with Crippen molar-refractivity contribution in [2.45, 2.75) is 51.9 Å². The number of nitrogens with two attached hydrogens (primary N) is 1. The van der Waals surface area contributed by atoms with Gasteiger partial charge in [-0.25, -0.2) is 0 Å². The van der Waals surface area contributed by atoms with E-state index in [2.05, 4.69) is 12.2 Å². The van der Waals surface area contributed by atoms with Crippen molar-refractivity contribution in [1.82, 2.24) is 5.32 Å². The summed E-state index contributed by atoms with van der Waals surface area (Å²) < 4.78 is 0. The quantitative estimate of drug-likeness (QED) is 0.770. The maximum atomic E-state index is 12.2. The highest BCUT2D eigenvalue weighted by atomic mass is 16.1. The van der Waals surface area contributed by atoms with Gasteiger partial charge in [-0.3, -0.25) is 4.79 Å². The molecular formula is C14H26N2O. The summed E-state index contributed by atoms with van der Waals surface area (Å²) in [4.78, 5) is 12.2. The Labute approximate surface area is 105 Å². The minimum atomic E-state index is 0.189. The lowest BCUT2D eigenvalue weighted by atomic mass is 9.67. The Bertz CT molecular complexity index is 268. The zero-order chi connectivity index (χ0) is 12.3. The molecule has 98 valence electrons. The molecule has 2 saturated carbocycles. The molecule has 2 fully saturated rings. The smallest absolute Gasteiger partial charge is 0.223 e. The monoisotopic (exact) mass is 238 g/mol. The first-order chi connectivity index (χ1) is 8.21. The third-order valence-corrected chi connectivity index (χ3v) is 5.10. The first-order valence-corrected chi connectivity index (χ1v) is 7.18. The second-order valence-electron chi connectivity index (χ2n) is 5.96. The SMILES string of the molecule is CCC1(CNC(=O)[C@@H]2CCC[C@@H]2CN)CCC1. The Morgan fingerprint density at radius 2 is 2.12 bits per heavy atom. The van der Waals surface area contributed by atoms with Gasteiger partial charge in [0.1, 0.15) is 0 Å². The van der Waals surface area contributed by atoms with Crippen LogP contribution in [0.2, 0.25) is 0 Å². The Morgan fingerprint density at radius 3 is 2.65 bits per heavy atom. The fourth-order valence-electron chi connectivity index (χ4n) is 3.40. The van der Waals surface area contributed by atoms with Crippen LogP contribution in [-0.4, -0.2) is 19.0 Å². The second-order valence-corrected chi connectivity index (χ2v) is 5.96. The molecule has 0 aromatic heterocycles. The summed E-state index contributed by atoms with van der Waals surface area (Å²) in [5.41, 5.74) is 6.15. The molecule has 3 heteroatoms. The van der Waals surface area contributed by atoms with E-state index < -0.39 is 0 Å². The molecule has 3 N–H and O–H groups in total. The fraction of sp³-hybridized carbons (Fsp3) is 0.929. The summed E-state index contributed by atoms with van der Waals surface area (Å²) in [7, 11) is 0. The van der Waals surface area contributed by atoms with Crippen molar-refractivity contribution in [3.63, 3.8) is 0 Å². The van der Waals surface area contributed by atoms with Crippen molar-refractivity contribution < 1.29 is 4.79 Å². The third-order valence-electron chi connectivity index (χ3n) is 5.10. The van der Waals surface area contributed by atoms with Crippen LogP contribution >= 0.6 is 0 Å². The van der Waals surface area contributed by atoms with Crippen LogP contribution < -0.4 is 11.1 Å². The maximum Gasteiger partial charge on any atom is 0.223 e. The first kappa shape index (κ1) is 12.9. The third kappa shape index (κ3) is 2.65. The molecule has 0 aromatic carbocycles. The molecule has 0 heterocycles. The van der Waals surface area contributed by atoms with E-state index >= 15 is 0 Å². The number of hydrogen-bond donors (Lipinski definition) is 2. The first-order valence-electron chi connectivity index (χ1n) is 7.18. The molecule has 0 aromatic rings. The highest BCUT2D eigenvalue weighted by molar-refractivity contribution is 5.79. The largest absolute Gasteiger partial charge is 0.355 e. The maximum absolute atomic E-state index is 12.2. The molecule has 0 bridgehead atoms. The molecule has 2 atom stereocenters. The van der Waals surface area contributed by atoms with Gasteiger partial charge in [0, 0.05) is 12.5 Å². The highest BCUT2D eigenvalue weighted by Gasteiger charge is 2.37. The van der Waals surface area contributed by atoms with E-state index in [4.69, 9.17) is 5.73 Å². The zero-order valence-electron chi connectivity index (χ0n) is 11.0. The van der Waals surface area contributed by atoms with Crippen molar-refractivity contribution in [3.8, 4) is 0 Å². The average Bonchev–Trinajstić information content (AvgIpc) is 2.76. The summed E-state index contributed by atoms with van der Waals surface area (Å²) in [6, 6.07) is 0. The van der Waals surface area contributed by atoms with Gasteiger partial charge in [-0.1, -0.05) is 19.8 Å². The van der Waals surface area contributed by atoms with E-state index in [1.54, 1.807) is 0 Å². The number of amides is 1. The van der Waals surface area contributed by atoms with Crippen LogP contribution in [0.3, 0.4) is 0 Å². The van der Waals surface area contributed by atoms with Crippen molar-refractivity contribution in [2.75, 3.05) is 13.1 Å². The van der Waals surface area contributed by atoms with Crippen LogP contribution in [0.25, 0.3) is 0 Å². The molecule has 3 nitrogen and oxygen atoms in total. The number of nitrogens with one attached hydrogen (secondary N) is 1. The second kappa shape index (κ2) is 5.38. The molecule has 2 rings (SSSR count). The lowest BCUT2D eigenvalue weighted by Crippen LogP contribution is -2.44. The Morgan fingerprint density at radius 1 is 1.35 bits per heavy atom. The minimum Gasteiger partial charge on any atom is -0.355 e. The Balaban J connectivity index is 1.80. The molecule has 0 aliphatic heterocycles. The zero-order valence-corrected chi connectivity index (χ0v) is 11.0. The van der Waals surface area contributed by atoms with Crippen molar-refractivity contribution in [1.29, 1.82) is 0 Å². The number of rotatable bonds is 5. The molecular weight excluding hydrogens is 212 g/mol. The summed E-state index contributed by atoms with van der Waals surface area (Å²) in [5.74, 6) is 0.876. The normalized spacial score (nSPS) is 30.9. The average molecular weight is 238 g/mol. The van der Waals surface area contributed by atoms with Gasteiger partial charge in [-0.2, -0.15) is 0 Å². The van der Waals surface area contributed by atoms with Crippen molar-refractivity contribution >= 4 is 5.91 Å². The standard InChI is InChI=1S/C14H26N2O/c1-2-14(7-4-8-14)10-16-13(17)12-6-3-5-11(12)9-15/h11-12H,2-10,15H2,1H3,(H,16,17)/t11-,12-/m1/s1. The van der Waals surface area contributed by atoms with Gasteiger partial charge in [-0.15, -0.1) is 0 Å². The molecule has 1 amide bonds. The van der Waals surface area contributed by atoms with Gasteiger partial charge >= 0.3 is 0 Å². The summed E-state index contributed by atoms with van der Waals surface area (Å²) in [6.07, 6.45) is 8.43. The molecule has 0 saturated heterocycles. The van der Waals surface area contributed by atoms with Gasteiger partial charge in [0.05, 0.1) is 0 Å². The predicted molar refractivity (Wildman–Crippen MR) is 69.5 cm³/mol. The molecule has 2 aliphatic rings. The van der Waals surface area contributed by atoms with E-state index in [0.717, 1.165) is 19.4 Å². The number of carbonyl (C=O) groups excluding carboxylic acids is 1. The Kier molecular flexibility index (Phi) is 4.08. The van der Waals surface area contributed by atoms with E-state index in [1.165, 1.54) is 32.1 Å². The van der Waals surface area contributed by atoms with Gasteiger partial charge in [0.25, 0.3) is 0 Å². The van der Waals surface area contributed by atoms with Gasteiger partial charge < -0.3 is 11.1 Å². The summed E-state index contributed by atoms with van der Waals surface area (Å²) in [5, 5.41) is 3.19. The van der Waals surface area contributed by atoms with Crippen LogP contribution in [0, 0.1) is 17.3 Å². The predicted octanol–water partition coefficient (Wildman–Crippen LogP) is 2.06. The number of hydrogen-bond acceptors (Lipinski definition) is 2. The van der Waals surface area contributed by atoms with E-state index in [9.17, 15) is 4.79 Å². The minimum absolute atomic E-state index is 0.189. The molecule has 0 radical (unpaired) electrons. The molecule has 0 unspecified atom stereocenters. The van der Waals surface area contributed by atoms with Gasteiger partial charge in [0.2, 0.25) is 5.91 Å². The van der Waals surface area contributed by atoms with Crippen LogP contribution in [0.1, 0.15) is 51.9 Å². The van der Waals surface area contributed by atoms with E-state index in [-0.39, 0.29) is 11.8 Å². The van der Waals surface area contributed by atoms with Crippen LogP contribution in [0.4, 0.5) is 0 Å². The molecule has 2 aliphatic carbocycles. The van der Waals surface area contributed by atoms with E-state index in [1.807, 2.05) is 0 Å². The highest BCUT2D eigenvalue weighted by Crippen LogP contribution is 2.43.